The second-order valence-corrected chi connectivity index (χ2v) is 8.65. The number of ketones is 1. The molecule has 8 heteroatoms. The molecule has 2 atom stereocenters. The molecule has 0 spiro atoms. The summed E-state index contributed by atoms with van der Waals surface area (Å²) in [5.41, 5.74) is 0.589. The van der Waals surface area contributed by atoms with Crippen LogP contribution in [0.4, 0.5) is 5.82 Å². The third-order valence-corrected chi connectivity index (χ3v) is 7.00. The SMILES string of the molecule is CCC1(CC)CC1CNC(=O)[C@@H]1CCCN1C(=O)CNc1ncccc1C(=N)C(C)=O. The minimum atomic E-state index is -0.440. The van der Waals surface area contributed by atoms with E-state index >= 15 is 0 Å². The van der Waals surface area contributed by atoms with Crippen molar-refractivity contribution in [2.45, 2.75) is 58.9 Å². The van der Waals surface area contributed by atoms with E-state index in [0.717, 1.165) is 19.3 Å². The maximum absolute atomic E-state index is 12.8. The van der Waals surface area contributed by atoms with Crippen molar-refractivity contribution in [2.75, 3.05) is 25.0 Å². The molecule has 1 aliphatic heterocycles. The molecule has 1 saturated carbocycles. The van der Waals surface area contributed by atoms with E-state index in [0.29, 0.717) is 42.2 Å². The summed E-state index contributed by atoms with van der Waals surface area (Å²) in [7, 11) is 0. The largest absolute Gasteiger partial charge is 0.360 e. The molecule has 31 heavy (non-hydrogen) atoms. The molecule has 168 valence electrons. The zero-order valence-corrected chi connectivity index (χ0v) is 18.7. The van der Waals surface area contributed by atoms with Gasteiger partial charge in [-0.05, 0) is 42.7 Å². The van der Waals surface area contributed by atoms with Gasteiger partial charge in [0.25, 0.3) is 0 Å². The van der Waals surface area contributed by atoms with Gasteiger partial charge in [-0.25, -0.2) is 4.98 Å². The number of likely N-dealkylation sites (tertiary alicyclic amines) is 1. The van der Waals surface area contributed by atoms with Gasteiger partial charge in [0.1, 0.15) is 17.6 Å². The summed E-state index contributed by atoms with van der Waals surface area (Å²) < 4.78 is 0. The van der Waals surface area contributed by atoms with Crippen LogP contribution in [0.25, 0.3) is 0 Å². The van der Waals surface area contributed by atoms with Crippen molar-refractivity contribution >= 4 is 29.1 Å². The Hall–Kier alpha value is -2.77. The summed E-state index contributed by atoms with van der Waals surface area (Å²) in [6.45, 7) is 6.93. The highest BCUT2D eigenvalue weighted by atomic mass is 16.2. The fourth-order valence-electron chi connectivity index (χ4n) is 4.71. The van der Waals surface area contributed by atoms with Gasteiger partial charge in [-0.1, -0.05) is 26.7 Å². The lowest BCUT2D eigenvalue weighted by atomic mass is 9.97. The van der Waals surface area contributed by atoms with E-state index in [4.69, 9.17) is 5.41 Å². The van der Waals surface area contributed by atoms with Crippen molar-refractivity contribution in [3.63, 3.8) is 0 Å². The van der Waals surface area contributed by atoms with Crippen LogP contribution < -0.4 is 10.6 Å². The predicted molar refractivity (Wildman–Crippen MR) is 119 cm³/mol. The lowest BCUT2D eigenvalue weighted by Crippen LogP contribution is -2.48. The van der Waals surface area contributed by atoms with E-state index in [2.05, 4.69) is 29.5 Å². The highest BCUT2D eigenvalue weighted by Gasteiger charge is 2.50. The van der Waals surface area contributed by atoms with Crippen molar-refractivity contribution in [2.24, 2.45) is 11.3 Å². The van der Waals surface area contributed by atoms with Gasteiger partial charge in [-0.2, -0.15) is 0 Å². The lowest BCUT2D eigenvalue weighted by Gasteiger charge is -2.24. The summed E-state index contributed by atoms with van der Waals surface area (Å²) in [6, 6.07) is 2.83. The van der Waals surface area contributed by atoms with Gasteiger partial charge in [0, 0.05) is 31.8 Å². The Morgan fingerprint density at radius 1 is 1.29 bits per heavy atom. The van der Waals surface area contributed by atoms with Gasteiger partial charge >= 0.3 is 0 Å². The average molecular weight is 428 g/mol. The van der Waals surface area contributed by atoms with Crippen LogP contribution in [0.15, 0.2) is 18.3 Å². The number of rotatable bonds is 10. The van der Waals surface area contributed by atoms with Gasteiger partial charge in [0.2, 0.25) is 11.8 Å². The molecule has 2 amide bonds. The third-order valence-electron chi connectivity index (χ3n) is 7.00. The zero-order chi connectivity index (χ0) is 22.6. The number of hydrogen-bond donors (Lipinski definition) is 3. The van der Waals surface area contributed by atoms with E-state index in [-0.39, 0.29) is 29.9 Å². The normalized spacial score (nSPS) is 21.5. The second kappa shape index (κ2) is 9.58. The predicted octanol–water partition coefficient (Wildman–Crippen LogP) is 2.38. The standard InChI is InChI=1S/C23H33N5O3/c1-4-23(5-2)12-16(23)13-27-22(31)18-9-7-11-28(18)19(30)14-26-21-17(8-6-10-25-21)20(24)15(3)29/h6,8,10,16,18,24H,4-5,7,9,11-14H2,1-3H3,(H,25,26)(H,27,31)/t16?,18-/m0/s1. The quantitative estimate of drug-likeness (QED) is 0.496. The maximum atomic E-state index is 12.8. The highest BCUT2D eigenvalue weighted by Crippen LogP contribution is 2.57. The van der Waals surface area contributed by atoms with Gasteiger partial charge in [-0.15, -0.1) is 0 Å². The number of anilines is 1. The molecule has 8 nitrogen and oxygen atoms in total. The van der Waals surface area contributed by atoms with Crippen LogP contribution in [0.1, 0.15) is 58.4 Å². The van der Waals surface area contributed by atoms with E-state index < -0.39 is 6.04 Å². The number of Topliss-reactive ketones (excluding diaryl/α,β-unsaturated/α-hetero) is 1. The number of hydrogen-bond acceptors (Lipinski definition) is 6. The Balaban J connectivity index is 1.55. The molecule has 1 aromatic rings. The number of pyridine rings is 1. The number of amides is 2. The number of nitrogens with zero attached hydrogens (tertiary/aromatic N) is 2. The fraction of sp³-hybridized carbons (Fsp3) is 0.609. The van der Waals surface area contributed by atoms with Crippen LogP contribution >= 0.6 is 0 Å². The summed E-state index contributed by atoms with van der Waals surface area (Å²) in [5, 5.41) is 13.9. The Kier molecular flexibility index (Phi) is 7.08. The van der Waals surface area contributed by atoms with Crippen LogP contribution in [0.3, 0.4) is 0 Å². The van der Waals surface area contributed by atoms with Crippen LogP contribution in [0.2, 0.25) is 0 Å². The average Bonchev–Trinajstić information content (AvgIpc) is 3.27. The second-order valence-electron chi connectivity index (χ2n) is 8.65. The fourth-order valence-corrected chi connectivity index (χ4v) is 4.71. The summed E-state index contributed by atoms with van der Waals surface area (Å²) >= 11 is 0. The Morgan fingerprint density at radius 2 is 2.03 bits per heavy atom. The molecule has 3 rings (SSSR count). The monoisotopic (exact) mass is 427 g/mol. The zero-order valence-electron chi connectivity index (χ0n) is 18.7. The topological polar surface area (TPSA) is 115 Å². The molecule has 2 aliphatic rings. The maximum Gasteiger partial charge on any atom is 0.242 e. The van der Waals surface area contributed by atoms with Crippen LogP contribution in [0.5, 0.6) is 0 Å². The minimum absolute atomic E-state index is 0.0453. The molecule has 2 heterocycles. The van der Waals surface area contributed by atoms with Gasteiger partial charge < -0.3 is 15.5 Å². The van der Waals surface area contributed by atoms with Crippen molar-refractivity contribution in [3.8, 4) is 0 Å². The molecular weight excluding hydrogens is 394 g/mol. The van der Waals surface area contributed by atoms with E-state index in [9.17, 15) is 14.4 Å². The lowest BCUT2D eigenvalue weighted by molar-refractivity contribution is -0.137. The molecule has 1 aliphatic carbocycles. The number of carbonyl (C=O) groups excluding carboxylic acids is 3. The van der Waals surface area contributed by atoms with E-state index in [1.165, 1.54) is 13.3 Å². The molecule has 1 saturated heterocycles. The first-order chi connectivity index (χ1) is 14.8. The van der Waals surface area contributed by atoms with E-state index in [1.54, 1.807) is 23.2 Å². The summed E-state index contributed by atoms with van der Waals surface area (Å²) in [4.78, 5) is 42.9. The van der Waals surface area contributed by atoms with Gasteiger partial charge in [0.05, 0.1) is 6.54 Å². The summed E-state index contributed by atoms with van der Waals surface area (Å²) in [6.07, 6.45) is 6.45. The van der Waals surface area contributed by atoms with Gasteiger partial charge in [0.15, 0.2) is 5.78 Å². The number of carbonyl (C=O) groups is 3. The smallest absolute Gasteiger partial charge is 0.242 e. The number of nitrogens with one attached hydrogen (secondary N) is 3. The first-order valence-electron chi connectivity index (χ1n) is 11.2. The van der Waals surface area contributed by atoms with E-state index in [1.807, 2.05) is 0 Å². The van der Waals surface area contributed by atoms with Crippen molar-refractivity contribution in [1.82, 2.24) is 15.2 Å². The van der Waals surface area contributed by atoms with Crippen LogP contribution in [0, 0.1) is 16.7 Å². The van der Waals surface area contributed by atoms with Crippen molar-refractivity contribution in [3.05, 3.63) is 23.9 Å². The molecule has 1 unspecified atom stereocenters. The molecule has 1 aromatic heterocycles. The Morgan fingerprint density at radius 3 is 2.68 bits per heavy atom. The van der Waals surface area contributed by atoms with Crippen molar-refractivity contribution < 1.29 is 14.4 Å². The molecular formula is C23H33N5O3. The Bertz CT molecular complexity index is 865. The number of aromatic nitrogens is 1. The van der Waals surface area contributed by atoms with Crippen molar-refractivity contribution in [1.29, 1.82) is 5.41 Å². The summed E-state index contributed by atoms with van der Waals surface area (Å²) in [5.74, 6) is 0.227. The molecule has 0 aromatic carbocycles. The first-order valence-corrected chi connectivity index (χ1v) is 11.2. The van der Waals surface area contributed by atoms with Crippen LogP contribution in [-0.4, -0.2) is 58.9 Å². The first kappa shape index (κ1) is 22.9. The minimum Gasteiger partial charge on any atom is -0.360 e. The molecule has 0 bridgehead atoms. The molecule has 0 radical (unpaired) electrons. The highest BCUT2D eigenvalue weighted by molar-refractivity contribution is 6.45. The van der Waals surface area contributed by atoms with Crippen LogP contribution in [-0.2, 0) is 14.4 Å². The molecule has 2 fully saturated rings. The molecule has 3 N–H and O–H groups in total. The third kappa shape index (κ3) is 4.94. The van der Waals surface area contributed by atoms with Gasteiger partial charge in [-0.3, -0.25) is 19.8 Å². The Labute approximate surface area is 183 Å².